The molecule has 1 heterocycles. The van der Waals surface area contributed by atoms with E-state index in [1.165, 1.54) is 10.8 Å². The second-order valence-electron chi connectivity index (χ2n) is 7.67. The van der Waals surface area contributed by atoms with Crippen LogP contribution in [0.3, 0.4) is 0 Å². The standard InChI is InChI=1S/C21H26N2O2/c1-15(18-8-4-6-16-5-2-3-7-19(16)18)22-20(24)23-17-9-11-21(12-10-17)13-25-14-21/h2-8,15,17H,9-14H2,1H3,(H2,22,23,24)/t15-/m1/s1. The largest absolute Gasteiger partial charge is 0.380 e. The summed E-state index contributed by atoms with van der Waals surface area (Å²) in [6, 6.07) is 14.7. The molecular weight excluding hydrogens is 312 g/mol. The van der Waals surface area contributed by atoms with Gasteiger partial charge in [0.25, 0.3) is 0 Å². The summed E-state index contributed by atoms with van der Waals surface area (Å²) in [4.78, 5) is 12.4. The maximum Gasteiger partial charge on any atom is 0.315 e. The lowest BCUT2D eigenvalue weighted by atomic mass is 9.71. The van der Waals surface area contributed by atoms with Gasteiger partial charge in [0, 0.05) is 11.5 Å². The van der Waals surface area contributed by atoms with Crippen LogP contribution >= 0.6 is 0 Å². The smallest absolute Gasteiger partial charge is 0.315 e. The molecule has 2 aromatic carbocycles. The first-order valence-corrected chi connectivity index (χ1v) is 9.28. The van der Waals surface area contributed by atoms with Crippen LogP contribution in [0.4, 0.5) is 4.79 Å². The van der Waals surface area contributed by atoms with Crippen molar-refractivity contribution in [1.82, 2.24) is 10.6 Å². The van der Waals surface area contributed by atoms with Crippen molar-refractivity contribution in [1.29, 1.82) is 0 Å². The van der Waals surface area contributed by atoms with Crippen molar-refractivity contribution in [2.75, 3.05) is 13.2 Å². The summed E-state index contributed by atoms with van der Waals surface area (Å²) in [6.07, 6.45) is 4.44. The van der Waals surface area contributed by atoms with E-state index in [1.54, 1.807) is 0 Å². The first-order chi connectivity index (χ1) is 12.2. The van der Waals surface area contributed by atoms with Crippen LogP contribution in [0.25, 0.3) is 10.8 Å². The topological polar surface area (TPSA) is 50.4 Å². The van der Waals surface area contributed by atoms with Crippen LogP contribution in [0, 0.1) is 5.41 Å². The number of benzene rings is 2. The van der Waals surface area contributed by atoms with E-state index in [-0.39, 0.29) is 18.1 Å². The van der Waals surface area contributed by atoms with Crippen LogP contribution in [0.5, 0.6) is 0 Å². The van der Waals surface area contributed by atoms with Gasteiger partial charge >= 0.3 is 6.03 Å². The van der Waals surface area contributed by atoms with E-state index < -0.39 is 0 Å². The number of hydrogen-bond acceptors (Lipinski definition) is 2. The Balaban J connectivity index is 1.35. The average molecular weight is 338 g/mol. The minimum Gasteiger partial charge on any atom is -0.380 e. The summed E-state index contributed by atoms with van der Waals surface area (Å²) >= 11 is 0. The molecule has 2 N–H and O–H groups in total. The van der Waals surface area contributed by atoms with E-state index >= 15 is 0 Å². The van der Waals surface area contributed by atoms with Crippen LogP contribution in [0.2, 0.25) is 0 Å². The number of rotatable bonds is 3. The number of hydrogen-bond donors (Lipinski definition) is 2. The molecule has 2 fully saturated rings. The van der Waals surface area contributed by atoms with Crippen molar-refractivity contribution in [2.45, 2.75) is 44.7 Å². The van der Waals surface area contributed by atoms with Crippen molar-refractivity contribution in [3.05, 3.63) is 48.0 Å². The zero-order valence-corrected chi connectivity index (χ0v) is 14.8. The maximum absolute atomic E-state index is 12.4. The fourth-order valence-electron chi connectivity index (χ4n) is 4.18. The molecule has 2 aliphatic rings. The zero-order chi connectivity index (χ0) is 17.3. The highest BCUT2D eigenvalue weighted by Gasteiger charge is 2.41. The van der Waals surface area contributed by atoms with Crippen LogP contribution < -0.4 is 10.6 Å². The van der Waals surface area contributed by atoms with Gasteiger partial charge in [-0.15, -0.1) is 0 Å². The summed E-state index contributed by atoms with van der Waals surface area (Å²) < 4.78 is 5.37. The first kappa shape index (κ1) is 16.4. The second-order valence-corrected chi connectivity index (χ2v) is 7.67. The number of carbonyl (C=O) groups is 1. The van der Waals surface area contributed by atoms with Gasteiger partial charge in [0.1, 0.15) is 0 Å². The minimum absolute atomic E-state index is 0.0268. The third-order valence-electron chi connectivity index (χ3n) is 5.84. The molecule has 0 aromatic heterocycles. The van der Waals surface area contributed by atoms with Crippen LogP contribution in [0.1, 0.15) is 44.2 Å². The third kappa shape index (κ3) is 3.36. The van der Waals surface area contributed by atoms with Crippen LogP contribution in [0.15, 0.2) is 42.5 Å². The summed E-state index contributed by atoms with van der Waals surface area (Å²) in [6.45, 7) is 3.86. The maximum atomic E-state index is 12.4. The first-order valence-electron chi connectivity index (χ1n) is 9.28. The van der Waals surface area contributed by atoms with Gasteiger partial charge in [0.05, 0.1) is 19.3 Å². The molecule has 0 radical (unpaired) electrons. The molecule has 4 nitrogen and oxygen atoms in total. The van der Waals surface area contributed by atoms with Gasteiger partial charge in [0.15, 0.2) is 0 Å². The van der Waals surface area contributed by atoms with Crippen molar-refractivity contribution < 1.29 is 9.53 Å². The number of carbonyl (C=O) groups excluding carboxylic acids is 1. The SMILES string of the molecule is C[C@@H](NC(=O)NC1CCC2(CC1)COC2)c1cccc2ccccc12. The number of amides is 2. The molecular formula is C21H26N2O2. The van der Waals surface area contributed by atoms with Crippen molar-refractivity contribution in [2.24, 2.45) is 5.41 Å². The van der Waals surface area contributed by atoms with Gasteiger partial charge in [-0.3, -0.25) is 0 Å². The van der Waals surface area contributed by atoms with Gasteiger partial charge in [-0.2, -0.15) is 0 Å². The highest BCUT2D eigenvalue weighted by atomic mass is 16.5. The van der Waals surface area contributed by atoms with Gasteiger partial charge in [-0.25, -0.2) is 4.79 Å². The Morgan fingerprint density at radius 1 is 1.12 bits per heavy atom. The highest BCUT2D eigenvalue weighted by Crippen LogP contribution is 2.42. The molecule has 1 saturated carbocycles. The lowest BCUT2D eigenvalue weighted by Gasteiger charge is -2.46. The molecule has 4 heteroatoms. The number of ether oxygens (including phenoxy) is 1. The molecule has 1 atom stereocenters. The quantitative estimate of drug-likeness (QED) is 0.883. The Labute approximate surface area is 148 Å². The van der Waals surface area contributed by atoms with Crippen molar-refractivity contribution in [3.8, 4) is 0 Å². The van der Waals surface area contributed by atoms with Gasteiger partial charge in [0.2, 0.25) is 0 Å². The fourth-order valence-corrected chi connectivity index (χ4v) is 4.18. The lowest BCUT2D eigenvalue weighted by Crippen LogP contribution is -2.50. The molecule has 0 unspecified atom stereocenters. The molecule has 2 amide bonds. The van der Waals surface area contributed by atoms with Crippen LogP contribution in [-0.4, -0.2) is 25.3 Å². The average Bonchev–Trinajstić information content (AvgIpc) is 2.60. The Bertz CT molecular complexity index is 754. The molecule has 4 rings (SSSR count). The zero-order valence-electron chi connectivity index (χ0n) is 14.8. The normalized spacial score (nSPS) is 20.8. The Kier molecular flexibility index (Phi) is 4.38. The van der Waals surface area contributed by atoms with E-state index in [1.807, 2.05) is 19.1 Å². The van der Waals surface area contributed by atoms with E-state index in [0.29, 0.717) is 5.41 Å². The molecule has 1 aliphatic heterocycles. The lowest BCUT2D eigenvalue weighted by molar-refractivity contribution is -0.133. The molecule has 1 saturated heterocycles. The molecule has 1 spiro atoms. The monoisotopic (exact) mass is 338 g/mol. The summed E-state index contributed by atoms with van der Waals surface area (Å²) in [5.41, 5.74) is 1.58. The molecule has 1 aliphatic carbocycles. The van der Waals surface area contributed by atoms with E-state index in [0.717, 1.165) is 44.5 Å². The van der Waals surface area contributed by atoms with E-state index in [2.05, 4.69) is 41.0 Å². The Morgan fingerprint density at radius 2 is 1.84 bits per heavy atom. The number of fused-ring (bicyclic) bond motifs is 1. The minimum atomic E-state index is -0.0637. The molecule has 25 heavy (non-hydrogen) atoms. The summed E-state index contributed by atoms with van der Waals surface area (Å²) in [5, 5.41) is 8.67. The Morgan fingerprint density at radius 3 is 2.56 bits per heavy atom. The predicted molar refractivity (Wildman–Crippen MR) is 99.5 cm³/mol. The van der Waals surface area contributed by atoms with E-state index in [4.69, 9.17) is 4.74 Å². The highest BCUT2D eigenvalue weighted by molar-refractivity contribution is 5.86. The molecule has 2 aromatic rings. The van der Waals surface area contributed by atoms with Gasteiger partial charge in [-0.1, -0.05) is 42.5 Å². The molecule has 0 bridgehead atoms. The molecule has 132 valence electrons. The third-order valence-corrected chi connectivity index (χ3v) is 5.84. The summed E-state index contributed by atoms with van der Waals surface area (Å²) in [7, 11) is 0. The Hall–Kier alpha value is -2.07. The predicted octanol–water partition coefficient (Wildman–Crippen LogP) is 4.16. The van der Waals surface area contributed by atoms with E-state index in [9.17, 15) is 4.79 Å². The number of urea groups is 1. The van der Waals surface area contributed by atoms with Gasteiger partial charge < -0.3 is 15.4 Å². The van der Waals surface area contributed by atoms with Crippen molar-refractivity contribution >= 4 is 16.8 Å². The van der Waals surface area contributed by atoms with Crippen LogP contribution in [-0.2, 0) is 4.74 Å². The number of nitrogens with one attached hydrogen (secondary N) is 2. The fraction of sp³-hybridized carbons (Fsp3) is 0.476. The van der Waals surface area contributed by atoms with Crippen molar-refractivity contribution in [3.63, 3.8) is 0 Å². The summed E-state index contributed by atoms with van der Waals surface area (Å²) in [5.74, 6) is 0. The van der Waals surface area contributed by atoms with Gasteiger partial charge in [-0.05, 0) is 48.9 Å². The second kappa shape index (κ2) is 6.68.